The molecule has 0 amide bonds. The van der Waals surface area contributed by atoms with Gasteiger partial charge in [-0.15, -0.1) is 0 Å². The van der Waals surface area contributed by atoms with Crippen LogP contribution in [0, 0.1) is 11.3 Å². The van der Waals surface area contributed by atoms with Crippen LogP contribution in [-0.4, -0.2) is 37.1 Å². The van der Waals surface area contributed by atoms with Crippen molar-refractivity contribution in [1.29, 1.82) is 0 Å². The number of rotatable bonds is 6. The summed E-state index contributed by atoms with van der Waals surface area (Å²) < 4.78 is 0. The monoisotopic (exact) mass is 254 g/mol. The van der Waals surface area contributed by atoms with Gasteiger partial charge in [0.1, 0.15) is 0 Å². The molecule has 1 aliphatic heterocycles. The van der Waals surface area contributed by atoms with Crippen LogP contribution in [0.25, 0.3) is 0 Å². The Hall–Kier alpha value is -0.0800. The molecule has 0 aliphatic carbocycles. The molecule has 2 heteroatoms. The first kappa shape index (κ1) is 16.0. The maximum atomic E-state index is 3.74. The second-order valence-electron chi connectivity index (χ2n) is 7.02. The average molecular weight is 254 g/mol. The quantitative estimate of drug-likeness (QED) is 0.780. The van der Waals surface area contributed by atoms with Crippen LogP contribution in [0.15, 0.2) is 0 Å². The van der Waals surface area contributed by atoms with Crippen molar-refractivity contribution in [1.82, 2.24) is 10.2 Å². The Balaban J connectivity index is 2.41. The summed E-state index contributed by atoms with van der Waals surface area (Å²) in [6.45, 7) is 16.6. The minimum absolute atomic E-state index is 0.358. The normalized spacial score (nSPS) is 21.2. The van der Waals surface area contributed by atoms with Crippen LogP contribution in [0.5, 0.6) is 0 Å². The van der Waals surface area contributed by atoms with Gasteiger partial charge in [-0.2, -0.15) is 0 Å². The fraction of sp³-hybridized carbons (Fsp3) is 1.00. The topological polar surface area (TPSA) is 15.3 Å². The smallest absolute Gasteiger partial charge is 0.0243 e. The lowest BCUT2D eigenvalue weighted by atomic mass is 9.85. The van der Waals surface area contributed by atoms with Gasteiger partial charge in [-0.3, -0.25) is 0 Å². The van der Waals surface area contributed by atoms with E-state index in [2.05, 4.69) is 44.8 Å². The second kappa shape index (κ2) is 7.49. The lowest BCUT2D eigenvalue weighted by Gasteiger charge is -2.39. The van der Waals surface area contributed by atoms with E-state index >= 15 is 0 Å². The highest BCUT2D eigenvalue weighted by Crippen LogP contribution is 2.24. The van der Waals surface area contributed by atoms with E-state index in [-0.39, 0.29) is 0 Å². The highest BCUT2D eigenvalue weighted by Gasteiger charge is 2.27. The van der Waals surface area contributed by atoms with E-state index in [1.54, 1.807) is 0 Å². The van der Waals surface area contributed by atoms with Gasteiger partial charge < -0.3 is 10.2 Å². The molecule has 0 aromatic carbocycles. The molecule has 108 valence electrons. The van der Waals surface area contributed by atoms with Gasteiger partial charge >= 0.3 is 0 Å². The van der Waals surface area contributed by atoms with Gasteiger partial charge in [-0.1, -0.05) is 41.0 Å². The van der Waals surface area contributed by atoms with Crippen LogP contribution in [0.4, 0.5) is 0 Å². The lowest BCUT2D eigenvalue weighted by Crippen LogP contribution is -2.50. The molecule has 0 aromatic rings. The van der Waals surface area contributed by atoms with Gasteiger partial charge in [0.15, 0.2) is 0 Å². The molecule has 1 unspecified atom stereocenters. The number of nitrogens with zero attached hydrogens (tertiary/aromatic N) is 1. The average Bonchev–Trinajstić information content (AvgIpc) is 2.34. The van der Waals surface area contributed by atoms with E-state index < -0.39 is 0 Å². The van der Waals surface area contributed by atoms with Gasteiger partial charge in [0, 0.05) is 12.6 Å². The first-order valence-corrected chi connectivity index (χ1v) is 7.93. The summed E-state index contributed by atoms with van der Waals surface area (Å²) >= 11 is 0. The summed E-state index contributed by atoms with van der Waals surface area (Å²) in [5.41, 5.74) is 0.358. The van der Waals surface area contributed by atoms with Gasteiger partial charge in [-0.25, -0.2) is 0 Å². The zero-order valence-electron chi connectivity index (χ0n) is 13.3. The van der Waals surface area contributed by atoms with Crippen LogP contribution in [0.3, 0.4) is 0 Å². The Morgan fingerprint density at radius 3 is 2.22 bits per heavy atom. The predicted molar refractivity (Wildman–Crippen MR) is 81.0 cm³/mol. The van der Waals surface area contributed by atoms with E-state index in [9.17, 15) is 0 Å². The zero-order chi connectivity index (χ0) is 13.6. The summed E-state index contributed by atoms with van der Waals surface area (Å²) in [4.78, 5) is 2.67. The van der Waals surface area contributed by atoms with Crippen molar-refractivity contribution in [3.8, 4) is 0 Å². The van der Waals surface area contributed by atoms with E-state index in [1.165, 1.54) is 45.3 Å². The third kappa shape index (κ3) is 5.27. The second-order valence-corrected chi connectivity index (χ2v) is 7.02. The fourth-order valence-electron chi connectivity index (χ4n) is 2.80. The van der Waals surface area contributed by atoms with Crippen molar-refractivity contribution >= 4 is 0 Å². The number of hydrogen-bond donors (Lipinski definition) is 1. The molecule has 0 saturated carbocycles. The molecule has 1 rings (SSSR count). The Morgan fingerprint density at radius 1 is 1.17 bits per heavy atom. The van der Waals surface area contributed by atoms with Gasteiger partial charge in [-0.05, 0) is 50.2 Å². The van der Waals surface area contributed by atoms with Crippen molar-refractivity contribution in [3.05, 3.63) is 0 Å². The minimum Gasteiger partial charge on any atom is -0.312 e. The largest absolute Gasteiger partial charge is 0.312 e. The van der Waals surface area contributed by atoms with Crippen LogP contribution >= 0.6 is 0 Å². The van der Waals surface area contributed by atoms with Crippen molar-refractivity contribution in [3.63, 3.8) is 0 Å². The van der Waals surface area contributed by atoms with Gasteiger partial charge in [0.25, 0.3) is 0 Å². The number of piperidine rings is 1. The van der Waals surface area contributed by atoms with Crippen molar-refractivity contribution in [2.24, 2.45) is 11.3 Å². The third-order valence-corrected chi connectivity index (χ3v) is 4.41. The van der Waals surface area contributed by atoms with Crippen molar-refractivity contribution in [2.45, 2.75) is 66.3 Å². The Morgan fingerprint density at radius 2 is 1.78 bits per heavy atom. The molecule has 0 bridgehead atoms. The first-order valence-electron chi connectivity index (χ1n) is 7.93. The maximum absolute atomic E-state index is 3.74. The molecular formula is C16H34N2. The molecule has 1 atom stereocenters. The van der Waals surface area contributed by atoms with Crippen LogP contribution < -0.4 is 5.32 Å². The molecule has 1 aliphatic rings. The van der Waals surface area contributed by atoms with E-state index in [4.69, 9.17) is 0 Å². The number of hydrogen-bond acceptors (Lipinski definition) is 2. The maximum Gasteiger partial charge on any atom is 0.0243 e. The Labute approximate surface area is 115 Å². The van der Waals surface area contributed by atoms with Crippen molar-refractivity contribution < 1.29 is 0 Å². The van der Waals surface area contributed by atoms with Crippen LogP contribution in [0.1, 0.15) is 60.3 Å². The predicted octanol–water partition coefficient (Wildman–Crippen LogP) is 3.52. The summed E-state index contributed by atoms with van der Waals surface area (Å²) in [6.07, 6.45) is 5.40. The van der Waals surface area contributed by atoms with Gasteiger partial charge in [0.05, 0.1) is 0 Å². The summed E-state index contributed by atoms with van der Waals surface area (Å²) in [5, 5.41) is 3.74. The molecule has 2 nitrogen and oxygen atoms in total. The zero-order valence-corrected chi connectivity index (χ0v) is 13.3. The molecule has 1 N–H and O–H groups in total. The standard InChI is InChI=1S/C16H34N2/c1-6-10-17-15(16(3,4)5)13-18-11-8-14(7-2)9-12-18/h14-15,17H,6-13H2,1-5H3. The SMILES string of the molecule is CCCNC(CN1CCC(CC)CC1)C(C)(C)C. The van der Waals surface area contributed by atoms with E-state index in [0.717, 1.165) is 12.5 Å². The third-order valence-electron chi connectivity index (χ3n) is 4.41. The minimum atomic E-state index is 0.358. The first-order chi connectivity index (χ1) is 8.47. The fourth-order valence-corrected chi connectivity index (χ4v) is 2.80. The molecule has 1 heterocycles. The molecular weight excluding hydrogens is 220 g/mol. The van der Waals surface area contributed by atoms with Crippen LogP contribution in [-0.2, 0) is 0 Å². The number of nitrogens with one attached hydrogen (secondary N) is 1. The molecule has 1 fully saturated rings. The molecule has 0 aromatic heterocycles. The highest BCUT2D eigenvalue weighted by molar-refractivity contribution is 4.85. The highest BCUT2D eigenvalue weighted by atomic mass is 15.2. The Bertz CT molecular complexity index is 212. The van der Waals surface area contributed by atoms with E-state index in [1.807, 2.05) is 0 Å². The molecule has 18 heavy (non-hydrogen) atoms. The molecule has 0 spiro atoms. The lowest BCUT2D eigenvalue weighted by molar-refractivity contribution is 0.131. The number of likely N-dealkylation sites (tertiary alicyclic amines) is 1. The summed E-state index contributed by atoms with van der Waals surface area (Å²) in [5.74, 6) is 0.984. The Kier molecular flexibility index (Phi) is 6.65. The van der Waals surface area contributed by atoms with Crippen molar-refractivity contribution in [2.75, 3.05) is 26.2 Å². The van der Waals surface area contributed by atoms with E-state index in [0.29, 0.717) is 11.5 Å². The summed E-state index contributed by atoms with van der Waals surface area (Å²) in [6, 6.07) is 0.621. The molecule has 1 saturated heterocycles. The van der Waals surface area contributed by atoms with Crippen LogP contribution in [0.2, 0.25) is 0 Å². The summed E-state index contributed by atoms with van der Waals surface area (Å²) in [7, 11) is 0. The van der Waals surface area contributed by atoms with Gasteiger partial charge in [0.2, 0.25) is 0 Å². The molecule has 0 radical (unpaired) electrons.